The molecule has 7 heteroatoms. The molecule has 0 saturated carbocycles. The zero-order valence-electron chi connectivity index (χ0n) is 22.0. The molecular weight excluding hydrogens is 504 g/mol. The summed E-state index contributed by atoms with van der Waals surface area (Å²) >= 11 is 0. The fourth-order valence-electron chi connectivity index (χ4n) is 5.22. The Hall–Kier alpha value is -4.36. The lowest BCUT2D eigenvalue weighted by Gasteiger charge is -2.26. The van der Waals surface area contributed by atoms with E-state index in [1.165, 1.54) is 0 Å². The molecule has 5 aromatic rings. The van der Waals surface area contributed by atoms with E-state index < -0.39 is 14.6 Å². The quantitative estimate of drug-likeness (QED) is 0.263. The molecule has 0 bridgehead atoms. The monoisotopic (exact) mass is 532 g/mol. The largest absolute Gasteiger partial charge is 0.343 e. The molecule has 0 saturated heterocycles. The number of nitrogens with zero attached hydrogens (tertiary/aromatic N) is 3. The third-order valence-corrected chi connectivity index (χ3v) is 9.77. The van der Waals surface area contributed by atoms with Gasteiger partial charge in [-0.2, -0.15) is 0 Å². The molecule has 1 N–H and O–H groups in total. The van der Waals surface area contributed by atoms with Gasteiger partial charge in [-0.3, -0.25) is 9.97 Å². The number of aryl methyl sites for hydroxylation is 2. The Labute approximate surface area is 228 Å². The van der Waals surface area contributed by atoms with Crippen molar-refractivity contribution >= 4 is 20.7 Å². The maximum absolute atomic E-state index is 14.6. The van der Waals surface area contributed by atoms with Gasteiger partial charge in [0.15, 0.2) is 0 Å². The summed E-state index contributed by atoms with van der Waals surface area (Å²) in [6.07, 6.45) is 13.0. The van der Waals surface area contributed by atoms with Gasteiger partial charge in [0.05, 0.1) is 21.7 Å². The number of nitrogens with one attached hydrogen (secondary N) is 1. The number of benzene rings is 1. The summed E-state index contributed by atoms with van der Waals surface area (Å²) < 4.78 is 28.0. The van der Waals surface area contributed by atoms with E-state index in [1.54, 1.807) is 37.7 Å². The zero-order chi connectivity index (χ0) is 27.2. The molecule has 1 aromatic carbocycles. The van der Waals surface area contributed by atoms with Crippen LogP contribution in [0.2, 0.25) is 0 Å². The summed E-state index contributed by atoms with van der Waals surface area (Å²) in [5.74, 6) is 0. The summed E-state index contributed by atoms with van der Waals surface area (Å²) in [5.41, 5.74) is 6.91. The lowest BCUT2D eigenvalue weighted by Crippen LogP contribution is -2.34. The Morgan fingerprint density at radius 1 is 0.949 bits per heavy atom. The molecule has 6 rings (SSSR count). The molecule has 0 fully saturated rings. The van der Waals surface area contributed by atoms with Crippen molar-refractivity contribution in [3.8, 4) is 33.6 Å². The van der Waals surface area contributed by atoms with E-state index in [9.17, 15) is 8.42 Å². The van der Waals surface area contributed by atoms with Gasteiger partial charge in [0.1, 0.15) is 5.03 Å². The summed E-state index contributed by atoms with van der Waals surface area (Å²) in [6.45, 7) is 5.65. The van der Waals surface area contributed by atoms with Gasteiger partial charge in [0.2, 0.25) is 9.84 Å². The van der Waals surface area contributed by atoms with Crippen LogP contribution in [0.25, 0.3) is 44.5 Å². The Morgan fingerprint density at radius 3 is 2.56 bits per heavy atom. The molecule has 0 amide bonds. The van der Waals surface area contributed by atoms with E-state index in [0.29, 0.717) is 23.4 Å². The number of fused-ring (bicyclic) bond motifs is 1. The summed E-state index contributed by atoms with van der Waals surface area (Å²) in [4.78, 5) is 17.0. The molecule has 4 heterocycles. The molecule has 1 aliphatic carbocycles. The SMILES string of the molecule is Cc1cc(-c2c(-c3ccc4ccccc4n3)[nH]c(S(=O)(=O)C3(C)C=CC=CC3)c2-c2ccncc2C)ccn1. The molecule has 0 aliphatic heterocycles. The second kappa shape index (κ2) is 9.43. The lowest BCUT2D eigenvalue weighted by atomic mass is 9.94. The molecule has 39 heavy (non-hydrogen) atoms. The minimum Gasteiger partial charge on any atom is -0.343 e. The first-order chi connectivity index (χ1) is 18.8. The molecule has 194 valence electrons. The van der Waals surface area contributed by atoms with Crippen molar-refractivity contribution < 1.29 is 8.42 Å². The highest BCUT2D eigenvalue weighted by atomic mass is 32.2. The normalized spacial score (nSPS) is 17.1. The van der Waals surface area contributed by atoms with Gasteiger partial charge < -0.3 is 4.98 Å². The molecule has 6 nitrogen and oxygen atoms in total. The first-order valence-corrected chi connectivity index (χ1v) is 14.3. The smallest absolute Gasteiger partial charge is 0.203 e. The van der Waals surface area contributed by atoms with E-state index in [-0.39, 0.29) is 5.03 Å². The third-order valence-electron chi connectivity index (χ3n) is 7.40. The van der Waals surface area contributed by atoms with Gasteiger partial charge in [-0.15, -0.1) is 0 Å². The number of allylic oxidation sites excluding steroid dienone is 3. The van der Waals surface area contributed by atoms with Crippen LogP contribution in [0.5, 0.6) is 0 Å². The fraction of sp³-hybridized carbons (Fsp3) is 0.156. The van der Waals surface area contributed by atoms with Crippen LogP contribution in [-0.2, 0) is 9.84 Å². The van der Waals surface area contributed by atoms with E-state index >= 15 is 0 Å². The number of aromatic amines is 1. The van der Waals surface area contributed by atoms with Crippen LogP contribution in [0.3, 0.4) is 0 Å². The van der Waals surface area contributed by atoms with Crippen molar-refractivity contribution in [1.29, 1.82) is 0 Å². The molecule has 1 aliphatic rings. The van der Waals surface area contributed by atoms with Crippen molar-refractivity contribution in [1.82, 2.24) is 19.9 Å². The average Bonchev–Trinajstić information content (AvgIpc) is 3.35. The highest BCUT2D eigenvalue weighted by molar-refractivity contribution is 7.93. The van der Waals surface area contributed by atoms with Gasteiger partial charge in [0, 0.05) is 40.8 Å². The minimum absolute atomic E-state index is 0.175. The van der Waals surface area contributed by atoms with Crippen LogP contribution in [0.15, 0.2) is 103 Å². The van der Waals surface area contributed by atoms with Crippen LogP contribution < -0.4 is 0 Å². The number of rotatable bonds is 5. The van der Waals surface area contributed by atoms with Crippen molar-refractivity contribution in [2.75, 3.05) is 0 Å². The molecular formula is C32H28N4O2S. The molecule has 0 radical (unpaired) electrons. The first-order valence-electron chi connectivity index (χ1n) is 12.8. The third kappa shape index (κ3) is 4.19. The summed E-state index contributed by atoms with van der Waals surface area (Å²) in [6, 6.07) is 17.6. The predicted octanol–water partition coefficient (Wildman–Crippen LogP) is 7.02. The second-order valence-corrected chi connectivity index (χ2v) is 12.5. The van der Waals surface area contributed by atoms with Gasteiger partial charge >= 0.3 is 0 Å². The van der Waals surface area contributed by atoms with Crippen LogP contribution >= 0.6 is 0 Å². The Bertz CT molecular complexity index is 1900. The van der Waals surface area contributed by atoms with Crippen LogP contribution in [0.4, 0.5) is 0 Å². The first kappa shape index (κ1) is 24.9. The van der Waals surface area contributed by atoms with E-state index in [0.717, 1.165) is 38.9 Å². The highest BCUT2D eigenvalue weighted by Crippen LogP contribution is 2.47. The standard InChI is InChI=1S/C32H28N4O2S/c1-21-20-33-17-14-25(21)29-28(24-13-18-34-22(2)19-24)30(27-12-11-23-9-5-6-10-26(23)35-27)36-31(29)39(37,38)32(3)15-7-4-8-16-32/h4-15,17-20,36H,16H2,1-3H3. The van der Waals surface area contributed by atoms with E-state index in [2.05, 4.69) is 15.0 Å². The molecule has 4 aromatic heterocycles. The van der Waals surface area contributed by atoms with Gasteiger partial charge in [-0.05, 0) is 74.2 Å². The number of sulfone groups is 1. The number of pyridine rings is 3. The maximum atomic E-state index is 14.6. The summed E-state index contributed by atoms with van der Waals surface area (Å²) in [5, 5.41) is 1.19. The second-order valence-electron chi connectivity index (χ2n) is 10.2. The van der Waals surface area contributed by atoms with Crippen LogP contribution in [0, 0.1) is 13.8 Å². The zero-order valence-corrected chi connectivity index (χ0v) is 22.8. The lowest BCUT2D eigenvalue weighted by molar-refractivity contribution is 0.560. The topological polar surface area (TPSA) is 88.6 Å². The maximum Gasteiger partial charge on any atom is 0.203 e. The highest BCUT2D eigenvalue weighted by Gasteiger charge is 2.42. The number of hydrogen-bond donors (Lipinski definition) is 1. The number of aromatic nitrogens is 4. The van der Waals surface area contributed by atoms with Crippen LogP contribution in [-0.4, -0.2) is 33.1 Å². The Morgan fingerprint density at radius 2 is 1.79 bits per heavy atom. The van der Waals surface area contributed by atoms with Gasteiger partial charge in [0.25, 0.3) is 0 Å². The van der Waals surface area contributed by atoms with Crippen molar-refractivity contribution in [3.63, 3.8) is 0 Å². The summed E-state index contributed by atoms with van der Waals surface area (Å²) in [7, 11) is -3.88. The fourth-order valence-corrected chi connectivity index (χ4v) is 6.97. The predicted molar refractivity (Wildman–Crippen MR) is 156 cm³/mol. The van der Waals surface area contributed by atoms with E-state index in [1.807, 2.05) is 80.6 Å². The average molecular weight is 533 g/mol. The Balaban J connectivity index is 1.74. The number of hydrogen-bond acceptors (Lipinski definition) is 5. The van der Waals surface area contributed by atoms with Crippen LogP contribution in [0.1, 0.15) is 24.6 Å². The van der Waals surface area contributed by atoms with Gasteiger partial charge in [-0.25, -0.2) is 13.4 Å². The van der Waals surface area contributed by atoms with Gasteiger partial charge in [-0.1, -0.05) is 48.6 Å². The Kier molecular flexibility index (Phi) is 6.03. The number of H-pyrrole nitrogens is 1. The molecule has 1 unspecified atom stereocenters. The van der Waals surface area contributed by atoms with Crippen molar-refractivity contribution in [2.45, 2.75) is 37.0 Å². The van der Waals surface area contributed by atoms with Crippen molar-refractivity contribution in [2.24, 2.45) is 0 Å². The molecule has 0 spiro atoms. The number of para-hydroxylation sites is 1. The molecule has 1 atom stereocenters. The van der Waals surface area contributed by atoms with E-state index in [4.69, 9.17) is 4.98 Å². The minimum atomic E-state index is -3.88. The van der Waals surface area contributed by atoms with Crippen molar-refractivity contribution in [3.05, 3.63) is 109 Å².